The number of hydrogen-bond acceptors (Lipinski definition) is 2. The standard InChI is InChI=1S/C8H12OS/c9-8(6-1-2-6)7-3-4-10-5-7/h6-7H,1-5H2. The van der Waals surface area contributed by atoms with Crippen molar-refractivity contribution in [2.24, 2.45) is 11.8 Å². The molecule has 2 heteroatoms. The molecule has 1 atom stereocenters. The summed E-state index contributed by atoms with van der Waals surface area (Å²) in [7, 11) is 0. The molecule has 0 aromatic heterocycles. The highest BCUT2D eigenvalue weighted by molar-refractivity contribution is 7.99. The number of Topliss-reactive ketones (excluding diaryl/α,β-unsaturated/α-hetero) is 1. The van der Waals surface area contributed by atoms with Crippen LogP contribution in [0.2, 0.25) is 0 Å². The summed E-state index contributed by atoms with van der Waals surface area (Å²) in [4.78, 5) is 11.4. The van der Waals surface area contributed by atoms with E-state index in [-0.39, 0.29) is 0 Å². The first-order chi connectivity index (χ1) is 4.88. The number of rotatable bonds is 2. The lowest BCUT2D eigenvalue weighted by atomic mass is 10.0. The molecule has 10 heavy (non-hydrogen) atoms. The minimum absolute atomic E-state index is 0.442. The quantitative estimate of drug-likeness (QED) is 0.605. The van der Waals surface area contributed by atoms with Gasteiger partial charge in [-0.15, -0.1) is 0 Å². The Kier molecular flexibility index (Phi) is 1.73. The monoisotopic (exact) mass is 156 g/mol. The number of carbonyl (C=O) groups is 1. The number of ketones is 1. The van der Waals surface area contributed by atoms with Gasteiger partial charge in [-0.25, -0.2) is 0 Å². The van der Waals surface area contributed by atoms with Gasteiger partial charge in [-0.2, -0.15) is 11.8 Å². The zero-order valence-corrected chi connectivity index (χ0v) is 6.82. The van der Waals surface area contributed by atoms with Crippen LogP contribution in [-0.4, -0.2) is 17.3 Å². The Bertz CT molecular complexity index is 145. The lowest BCUT2D eigenvalue weighted by Gasteiger charge is -2.03. The van der Waals surface area contributed by atoms with Crippen molar-refractivity contribution in [2.75, 3.05) is 11.5 Å². The Morgan fingerprint density at radius 1 is 1.20 bits per heavy atom. The molecule has 1 saturated heterocycles. The van der Waals surface area contributed by atoms with Crippen LogP contribution in [0.4, 0.5) is 0 Å². The lowest BCUT2D eigenvalue weighted by Crippen LogP contribution is -2.14. The maximum Gasteiger partial charge on any atom is 0.139 e. The Morgan fingerprint density at radius 2 is 2.00 bits per heavy atom. The van der Waals surface area contributed by atoms with E-state index >= 15 is 0 Å². The van der Waals surface area contributed by atoms with Gasteiger partial charge in [0.05, 0.1) is 0 Å². The molecule has 1 saturated carbocycles. The molecule has 0 bridgehead atoms. The Labute approximate surface area is 65.6 Å². The van der Waals surface area contributed by atoms with Crippen molar-refractivity contribution in [3.8, 4) is 0 Å². The largest absolute Gasteiger partial charge is 0.299 e. The van der Waals surface area contributed by atoms with Gasteiger partial charge in [0.15, 0.2) is 0 Å². The van der Waals surface area contributed by atoms with E-state index in [9.17, 15) is 4.79 Å². The van der Waals surface area contributed by atoms with Crippen LogP contribution in [0.1, 0.15) is 19.3 Å². The molecule has 2 rings (SSSR count). The van der Waals surface area contributed by atoms with Crippen LogP contribution in [0.25, 0.3) is 0 Å². The first-order valence-corrected chi connectivity index (χ1v) is 5.15. The van der Waals surface area contributed by atoms with Crippen LogP contribution in [0.3, 0.4) is 0 Å². The number of hydrogen-bond donors (Lipinski definition) is 0. The van der Waals surface area contributed by atoms with Gasteiger partial charge in [0.25, 0.3) is 0 Å². The molecule has 2 aliphatic rings. The van der Waals surface area contributed by atoms with Crippen molar-refractivity contribution in [1.29, 1.82) is 0 Å². The number of thioether (sulfide) groups is 1. The molecule has 1 aliphatic heterocycles. The van der Waals surface area contributed by atoms with Crippen molar-refractivity contribution in [3.63, 3.8) is 0 Å². The first kappa shape index (κ1) is 6.71. The summed E-state index contributed by atoms with van der Waals surface area (Å²) in [5.74, 6) is 3.82. The van der Waals surface area contributed by atoms with E-state index in [0.717, 1.165) is 12.2 Å². The average Bonchev–Trinajstić information content (AvgIpc) is 2.65. The van der Waals surface area contributed by atoms with Gasteiger partial charge in [0.1, 0.15) is 5.78 Å². The van der Waals surface area contributed by atoms with E-state index in [0.29, 0.717) is 17.6 Å². The molecule has 0 spiro atoms. The molecule has 1 nitrogen and oxygen atoms in total. The zero-order chi connectivity index (χ0) is 6.97. The van der Waals surface area contributed by atoms with Crippen molar-refractivity contribution >= 4 is 17.5 Å². The first-order valence-electron chi connectivity index (χ1n) is 3.99. The van der Waals surface area contributed by atoms with E-state index < -0.39 is 0 Å². The summed E-state index contributed by atoms with van der Waals surface area (Å²) >= 11 is 1.93. The van der Waals surface area contributed by atoms with E-state index in [1.54, 1.807) is 0 Å². The Balaban J connectivity index is 1.90. The molecule has 0 aromatic rings. The fourth-order valence-corrected chi connectivity index (χ4v) is 2.69. The molecule has 1 unspecified atom stereocenters. The van der Waals surface area contributed by atoms with E-state index in [4.69, 9.17) is 0 Å². The van der Waals surface area contributed by atoms with Crippen LogP contribution in [0.15, 0.2) is 0 Å². The summed E-state index contributed by atoms with van der Waals surface area (Å²) < 4.78 is 0. The van der Waals surface area contributed by atoms with E-state index in [1.165, 1.54) is 18.6 Å². The smallest absolute Gasteiger partial charge is 0.139 e. The second-order valence-electron chi connectivity index (χ2n) is 3.24. The van der Waals surface area contributed by atoms with Gasteiger partial charge >= 0.3 is 0 Å². The van der Waals surface area contributed by atoms with Crippen LogP contribution in [0, 0.1) is 11.8 Å². The SMILES string of the molecule is O=C(C1CC1)C1CCSC1. The fourth-order valence-electron chi connectivity index (χ4n) is 1.46. The molecule has 0 radical (unpaired) electrons. The molecular weight excluding hydrogens is 144 g/mol. The van der Waals surface area contributed by atoms with Gasteiger partial charge in [-0.3, -0.25) is 4.79 Å². The lowest BCUT2D eigenvalue weighted by molar-refractivity contribution is -0.123. The predicted octanol–water partition coefficient (Wildman–Crippen LogP) is 1.72. The summed E-state index contributed by atoms with van der Waals surface area (Å²) in [5.41, 5.74) is 0. The molecular formula is C8H12OS. The van der Waals surface area contributed by atoms with Crippen LogP contribution < -0.4 is 0 Å². The molecule has 56 valence electrons. The highest BCUT2D eigenvalue weighted by Crippen LogP contribution is 2.36. The average molecular weight is 156 g/mol. The Morgan fingerprint density at radius 3 is 2.50 bits per heavy atom. The van der Waals surface area contributed by atoms with E-state index in [2.05, 4.69) is 0 Å². The fraction of sp³-hybridized carbons (Fsp3) is 0.875. The molecule has 1 heterocycles. The third-order valence-electron chi connectivity index (χ3n) is 2.31. The minimum atomic E-state index is 0.442. The van der Waals surface area contributed by atoms with Gasteiger partial charge in [0, 0.05) is 17.6 Å². The van der Waals surface area contributed by atoms with Crippen LogP contribution in [-0.2, 0) is 4.79 Å². The topological polar surface area (TPSA) is 17.1 Å². The van der Waals surface area contributed by atoms with E-state index in [1.807, 2.05) is 11.8 Å². The maximum atomic E-state index is 11.4. The zero-order valence-electron chi connectivity index (χ0n) is 6.01. The highest BCUT2D eigenvalue weighted by Gasteiger charge is 2.35. The minimum Gasteiger partial charge on any atom is -0.299 e. The second-order valence-corrected chi connectivity index (χ2v) is 4.39. The van der Waals surface area contributed by atoms with Gasteiger partial charge in [-0.05, 0) is 25.0 Å². The second kappa shape index (κ2) is 2.57. The van der Waals surface area contributed by atoms with Crippen LogP contribution >= 0.6 is 11.8 Å². The molecule has 0 N–H and O–H groups in total. The number of carbonyl (C=O) groups excluding carboxylic acids is 1. The van der Waals surface area contributed by atoms with Gasteiger partial charge < -0.3 is 0 Å². The van der Waals surface area contributed by atoms with Crippen LogP contribution in [0.5, 0.6) is 0 Å². The summed E-state index contributed by atoms with van der Waals surface area (Å²) in [5, 5.41) is 0. The third-order valence-corrected chi connectivity index (χ3v) is 3.47. The van der Waals surface area contributed by atoms with Crippen molar-refractivity contribution in [1.82, 2.24) is 0 Å². The maximum absolute atomic E-state index is 11.4. The molecule has 1 aliphatic carbocycles. The predicted molar refractivity (Wildman–Crippen MR) is 43.2 cm³/mol. The van der Waals surface area contributed by atoms with Crippen molar-refractivity contribution < 1.29 is 4.79 Å². The summed E-state index contributed by atoms with van der Waals surface area (Å²) in [6, 6.07) is 0. The Hall–Kier alpha value is 0.0200. The third kappa shape index (κ3) is 1.22. The van der Waals surface area contributed by atoms with Gasteiger partial charge in [-0.1, -0.05) is 0 Å². The summed E-state index contributed by atoms with van der Waals surface area (Å²) in [6.45, 7) is 0. The molecule has 2 fully saturated rings. The normalized spacial score (nSPS) is 32.6. The van der Waals surface area contributed by atoms with Gasteiger partial charge in [0.2, 0.25) is 0 Å². The molecule has 0 aromatic carbocycles. The van der Waals surface area contributed by atoms with Crippen molar-refractivity contribution in [2.45, 2.75) is 19.3 Å². The molecule has 0 amide bonds. The highest BCUT2D eigenvalue weighted by atomic mass is 32.2. The summed E-state index contributed by atoms with van der Waals surface area (Å²) in [6.07, 6.45) is 3.51. The van der Waals surface area contributed by atoms with Crippen molar-refractivity contribution in [3.05, 3.63) is 0 Å².